The predicted molar refractivity (Wildman–Crippen MR) is 165 cm³/mol. The number of hydrogen-bond acceptors (Lipinski definition) is 7. The quantitative estimate of drug-likeness (QED) is 0.278. The molecule has 8 nitrogen and oxygen atoms in total. The van der Waals surface area contributed by atoms with Gasteiger partial charge < -0.3 is 24.4 Å². The van der Waals surface area contributed by atoms with Crippen LogP contribution in [0.3, 0.4) is 0 Å². The fraction of sp³-hybridized carbons (Fsp3) is 0.194. The summed E-state index contributed by atoms with van der Waals surface area (Å²) in [7, 11) is 4.58. The Kier molecular flexibility index (Phi) is 6.50. The third-order valence-corrected chi connectivity index (χ3v) is 9.17. The minimum absolute atomic E-state index is 0.263. The smallest absolute Gasteiger partial charge is 0.238 e. The Bertz CT molecular complexity index is 1850. The molecule has 7 rings (SSSR count). The number of hydrogen-bond donors (Lipinski definition) is 1. The molecule has 1 spiro atoms. The average molecular weight is 587 g/mol. The van der Waals surface area contributed by atoms with E-state index < -0.39 is 23.4 Å². The molecule has 0 unspecified atom stereocenters. The minimum Gasteiger partial charge on any atom is -0.497 e. The fourth-order valence-electron chi connectivity index (χ4n) is 7.27. The van der Waals surface area contributed by atoms with Crippen molar-refractivity contribution in [2.24, 2.45) is 5.92 Å². The summed E-state index contributed by atoms with van der Waals surface area (Å²) in [6.45, 7) is 0. The summed E-state index contributed by atoms with van der Waals surface area (Å²) < 4.78 is 16.4. The summed E-state index contributed by atoms with van der Waals surface area (Å²) in [4.78, 5) is 46.4. The van der Waals surface area contributed by atoms with Crippen LogP contribution in [0.25, 0.3) is 6.08 Å². The molecule has 1 saturated heterocycles. The van der Waals surface area contributed by atoms with E-state index in [9.17, 15) is 14.4 Å². The van der Waals surface area contributed by atoms with Gasteiger partial charge in [-0.15, -0.1) is 0 Å². The lowest BCUT2D eigenvalue weighted by Gasteiger charge is -2.38. The molecule has 3 heterocycles. The number of nitrogens with zero attached hydrogens (tertiary/aromatic N) is 1. The zero-order valence-electron chi connectivity index (χ0n) is 24.4. The number of anilines is 1. The second-order valence-electron chi connectivity index (χ2n) is 11.1. The van der Waals surface area contributed by atoms with Crippen LogP contribution in [0.5, 0.6) is 17.2 Å². The first kappa shape index (κ1) is 27.5. The number of ketones is 2. The topological polar surface area (TPSA) is 94.2 Å². The van der Waals surface area contributed by atoms with Gasteiger partial charge in [-0.1, -0.05) is 42.5 Å². The average Bonchev–Trinajstić information content (AvgIpc) is 3.55. The maximum atomic E-state index is 15.0. The third kappa shape index (κ3) is 3.80. The maximum absolute atomic E-state index is 15.0. The van der Waals surface area contributed by atoms with Gasteiger partial charge in [-0.25, -0.2) is 0 Å². The van der Waals surface area contributed by atoms with Crippen molar-refractivity contribution in [3.8, 4) is 17.2 Å². The van der Waals surface area contributed by atoms with Crippen LogP contribution in [-0.4, -0.2) is 49.7 Å². The summed E-state index contributed by atoms with van der Waals surface area (Å²) in [6, 6.07) is 25.4. The highest BCUT2D eigenvalue weighted by Gasteiger charge is 2.70. The predicted octanol–water partition coefficient (Wildman–Crippen LogP) is 5.69. The van der Waals surface area contributed by atoms with Crippen molar-refractivity contribution >= 4 is 29.2 Å². The van der Waals surface area contributed by atoms with Gasteiger partial charge in [0.05, 0.1) is 38.9 Å². The zero-order chi connectivity index (χ0) is 30.6. The van der Waals surface area contributed by atoms with Crippen molar-refractivity contribution in [3.63, 3.8) is 0 Å². The van der Waals surface area contributed by atoms with Crippen molar-refractivity contribution < 1.29 is 28.6 Å². The molecule has 1 amide bonds. The third-order valence-electron chi connectivity index (χ3n) is 9.17. The molecule has 1 N–H and O–H groups in total. The normalized spacial score (nSPS) is 22.6. The molecular weight excluding hydrogens is 556 g/mol. The second-order valence-corrected chi connectivity index (χ2v) is 11.1. The van der Waals surface area contributed by atoms with Crippen molar-refractivity contribution in [2.75, 3.05) is 26.6 Å². The molecular formula is C36H30N2O6. The van der Waals surface area contributed by atoms with Crippen molar-refractivity contribution in [2.45, 2.75) is 17.5 Å². The lowest BCUT2D eigenvalue weighted by Crippen LogP contribution is -2.49. The summed E-state index contributed by atoms with van der Waals surface area (Å²) in [5.41, 5.74) is 2.31. The first-order valence-electron chi connectivity index (χ1n) is 14.3. The van der Waals surface area contributed by atoms with Crippen LogP contribution >= 0.6 is 0 Å². The number of rotatable bonds is 7. The first-order valence-corrected chi connectivity index (χ1v) is 14.3. The number of amides is 1. The summed E-state index contributed by atoms with van der Waals surface area (Å²) >= 11 is 0. The number of methoxy groups -OCH3 is 3. The molecule has 1 fully saturated rings. The number of para-hydroxylation sites is 1. The minimum atomic E-state index is -1.43. The van der Waals surface area contributed by atoms with E-state index in [0.717, 1.165) is 11.1 Å². The Hall–Kier alpha value is -5.37. The molecule has 0 saturated carbocycles. The van der Waals surface area contributed by atoms with E-state index in [0.29, 0.717) is 34.1 Å². The Balaban J connectivity index is 1.53. The number of carbonyl (C=O) groups is 3. The molecule has 0 aromatic heterocycles. The molecule has 3 aliphatic heterocycles. The molecule has 0 bridgehead atoms. The molecule has 4 aromatic carbocycles. The van der Waals surface area contributed by atoms with E-state index in [1.54, 1.807) is 49.6 Å². The molecule has 3 aliphatic rings. The number of fused-ring (bicyclic) bond motifs is 6. The second kappa shape index (κ2) is 10.4. The molecule has 220 valence electrons. The maximum Gasteiger partial charge on any atom is 0.238 e. The Morgan fingerprint density at radius 3 is 2.25 bits per heavy atom. The van der Waals surface area contributed by atoms with Crippen LogP contribution in [0.15, 0.2) is 97.2 Å². The summed E-state index contributed by atoms with van der Waals surface area (Å²) in [5, 5.41) is 3.07. The van der Waals surface area contributed by atoms with Gasteiger partial charge in [-0.05, 0) is 71.3 Å². The van der Waals surface area contributed by atoms with E-state index >= 15 is 0 Å². The van der Waals surface area contributed by atoms with Crippen molar-refractivity contribution in [3.05, 3.63) is 125 Å². The van der Waals surface area contributed by atoms with Crippen LogP contribution < -0.4 is 19.5 Å². The fourth-order valence-corrected chi connectivity index (χ4v) is 7.27. The lowest BCUT2D eigenvalue weighted by molar-refractivity contribution is -0.122. The standard InChI is InChI=1S/C36H30N2O6/c1-42-23-14-12-22(13-15-23)32(39)30-31(33(40)26-20-24(43-2)16-17-29(26)44-3)38-19-18-21-8-4-5-9-25(21)34(38)36(30)27-10-6-7-11-28(27)37-35(36)41/h4-20,30-31,34H,1-3H3,(H,37,41)/t30-,31+,34+,36+/m0/s1. The monoisotopic (exact) mass is 586 g/mol. The molecule has 0 radical (unpaired) electrons. The highest BCUT2D eigenvalue weighted by Crippen LogP contribution is 2.62. The highest BCUT2D eigenvalue weighted by atomic mass is 16.5. The van der Waals surface area contributed by atoms with Gasteiger partial charge in [0.1, 0.15) is 28.7 Å². The van der Waals surface area contributed by atoms with Crippen molar-refractivity contribution in [1.82, 2.24) is 4.90 Å². The lowest BCUT2D eigenvalue weighted by atomic mass is 9.62. The van der Waals surface area contributed by atoms with Crippen LogP contribution in [0.1, 0.15) is 43.4 Å². The largest absolute Gasteiger partial charge is 0.497 e. The van der Waals surface area contributed by atoms with Crippen molar-refractivity contribution in [1.29, 1.82) is 0 Å². The van der Waals surface area contributed by atoms with E-state index in [4.69, 9.17) is 14.2 Å². The number of benzene rings is 4. The Labute approximate surface area is 254 Å². The summed E-state index contributed by atoms with van der Waals surface area (Å²) in [5.74, 6) is -0.686. The van der Waals surface area contributed by atoms with E-state index in [1.807, 2.05) is 65.7 Å². The number of nitrogens with one attached hydrogen (secondary N) is 1. The van der Waals surface area contributed by atoms with Crippen LogP contribution in [0.2, 0.25) is 0 Å². The first-order chi connectivity index (χ1) is 21.4. The number of Topliss-reactive ketones (excluding diaryl/α,β-unsaturated/α-hetero) is 2. The zero-order valence-corrected chi connectivity index (χ0v) is 24.4. The summed E-state index contributed by atoms with van der Waals surface area (Å²) in [6.07, 6.45) is 3.78. The van der Waals surface area contributed by atoms with Gasteiger partial charge in [0, 0.05) is 17.5 Å². The van der Waals surface area contributed by atoms with Gasteiger partial charge in [-0.3, -0.25) is 14.4 Å². The van der Waals surface area contributed by atoms with Gasteiger partial charge in [-0.2, -0.15) is 0 Å². The van der Waals surface area contributed by atoms with Crippen LogP contribution in [0.4, 0.5) is 5.69 Å². The van der Waals surface area contributed by atoms with E-state index in [2.05, 4.69) is 5.32 Å². The van der Waals surface area contributed by atoms with Gasteiger partial charge >= 0.3 is 0 Å². The molecule has 4 aromatic rings. The highest BCUT2D eigenvalue weighted by molar-refractivity contribution is 6.17. The van der Waals surface area contributed by atoms with Gasteiger partial charge in [0.15, 0.2) is 11.6 Å². The Morgan fingerprint density at radius 1 is 0.795 bits per heavy atom. The van der Waals surface area contributed by atoms with E-state index in [-0.39, 0.29) is 23.0 Å². The van der Waals surface area contributed by atoms with Crippen LogP contribution in [-0.2, 0) is 10.2 Å². The molecule has 44 heavy (non-hydrogen) atoms. The Morgan fingerprint density at radius 2 is 1.50 bits per heavy atom. The van der Waals surface area contributed by atoms with Crippen LogP contribution in [0, 0.1) is 5.92 Å². The molecule has 0 aliphatic carbocycles. The van der Waals surface area contributed by atoms with E-state index in [1.165, 1.54) is 14.2 Å². The molecule has 8 heteroatoms. The number of ether oxygens (including phenoxy) is 3. The number of carbonyl (C=O) groups excluding carboxylic acids is 3. The van der Waals surface area contributed by atoms with Gasteiger partial charge in [0.25, 0.3) is 0 Å². The van der Waals surface area contributed by atoms with Gasteiger partial charge in [0.2, 0.25) is 5.91 Å². The SMILES string of the molecule is COc1ccc(C(=O)[C@@H]2[C@H](C(=O)c3cc(OC)ccc3OC)N3C=Cc4ccccc4[C@@H]3[C@]23C(=O)Nc2ccccc23)cc1. The molecule has 4 atom stereocenters.